The van der Waals surface area contributed by atoms with Crippen molar-refractivity contribution in [1.82, 2.24) is 5.32 Å². The van der Waals surface area contributed by atoms with E-state index >= 15 is 0 Å². The molecule has 17 heavy (non-hydrogen) atoms. The van der Waals surface area contributed by atoms with Gasteiger partial charge in [0, 0.05) is 17.1 Å². The molecule has 1 aromatic carbocycles. The van der Waals surface area contributed by atoms with Crippen molar-refractivity contribution >= 4 is 15.9 Å². The van der Waals surface area contributed by atoms with Gasteiger partial charge in [-0.2, -0.15) is 0 Å². The van der Waals surface area contributed by atoms with Gasteiger partial charge < -0.3 is 5.32 Å². The van der Waals surface area contributed by atoms with Crippen LogP contribution >= 0.6 is 15.9 Å². The maximum atomic E-state index is 3.66. The highest BCUT2D eigenvalue weighted by molar-refractivity contribution is 9.10. The molecule has 0 fully saturated rings. The van der Waals surface area contributed by atoms with Crippen molar-refractivity contribution < 1.29 is 0 Å². The van der Waals surface area contributed by atoms with Crippen LogP contribution in [0.5, 0.6) is 0 Å². The SMILES string of the molecule is CCC(C)CC(CC)NCc1ccccc1Br. The average Bonchev–Trinajstić information content (AvgIpc) is 2.35. The number of rotatable bonds is 7. The van der Waals surface area contributed by atoms with E-state index in [1.54, 1.807) is 0 Å². The van der Waals surface area contributed by atoms with Gasteiger partial charge in [-0.05, 0) is 30.4 Å². The van der Waals surface area contributed by atoms with E-state index in [0.717, 1.165) is 12.5 Å². The molecule has 1 N–H and O–H groups in total. The van der Waals surface area contributed by atoms with Crippen LogP contribution in [-0.2, 0) is 6.54 Å². The number of nitrogens with one attached hydrogen (secondary N) is 1. The summed E-state index contributed by atoms with van der Waals surface area (Å²) in [6.07, 6.45) is 3.75. The van der Waals surface area contributed by atoms with Crippen LogP contribution in [0.3, 0.4) is 0 Å². The highest BCUT2D eigenvalue weighted by atomic mass is 79.9. The lowest BCUT2D eigenvalue weighted by molar-refractivity contribution is 0.384. The molecule has 0 radical (unpaired) electrons. The first-order valence-corrected chi connectivity index (χ1v) is 7.43. The molecule has 0 spiro atoms. The van der Waals surface area contributed by atoms with E-state index in [1.807, 2.05) is 0 Å². The maximum Gasteiger partial charge on any atom is 0.0220 e. The molecule has 0 aromatic heterocycles. The summed E-state index contributed by atoms with van der Waals surface area (Å²) in [5.74, 6) is 0.812. The van der Waals surface area contributed by atoms with Crippen LogP contribution in [0.1, 0.15) is 45.6 Å². The maximum absolute atomic E-state index is 3.66. The summed E-state index contributed by atoms with van der Waals surface area (Å²) in [6.45, 7) is 7.82. The summed E-state index contributed by atoms with van der Waals surface area (Å²) in [7, 11) is 0. The lowest BCUT2D eigenvalue weighted by atomic mass is 9.97. The summed E-state index contributed by atoms with van der Waals surface area (Å²) < 4.78 is 1.20. The molecule has 2 unspecified atom stereocenters. The largest absolute Gasteiger partial charge is 0.310 e. The molecular weight excluding hydrogens is 274 g/mol. The van der Waals surface area contributed by atoms with Crippen molar-refractivity contribution in [2.24, 2.45) is 5.92 Å². The van der Waals surface area contributed by atoms with Gasteiger partial charge in [-0.1, -0.05) is 61.3 Å². The molecule has 0 saturated heterocycles. The van der Waals surface area contributed by atoms with Crippen molar-refractivity contribution in [2.75, 3.05) is 0 Å². The third-order valence-electron chi connectivity index (χ3n) is 3.42. The summed E-state index contributed by atoms with van der Waals surface area (Å²) in [5.41, 5.74) is 1.34. The smallest absolute Gasteiger partial charge is 0.0220 e. The highest BCUT2D eigenvalue weighted by Gasteiger charge is 2.10. The van der Waals surface area contributed by atoms with E-state index in [0.29, 0.717) is 6.04 Å². The standard InChI is InChI=1S/C15H24BrN/c1-4-12(3)10-14(5-2)17-11-13-8-6-7-9-15(13)16/h6-9,12,14,17H,4-5,10-11H2,1-3H3. The van der Waals surface area contributed by atoms with Crippen LogP contribution in [0.2, 0.25) is 0 Å². The van der Waals surface area contributed by atoms with Gasteiger partial charge in [0.25, 0.3) is 0 Å². The Morgan fingerprint density at radius 1 is 1.18 bits per heavy atom. The Kier molecular flexibility index (Phi) is 6.83. The molecule has 1 rings (SSSR count). The van der Waals surface area contributed by atoms with Gasteiger partial charge in [0.1, 0.15) is 0 Å². The lowest BCUT2D eigenvalue weighted by Gasteiger charge is -2.20. The van der Waals surface area contributed by atoms with Crippen molar-refractivity contribution in [2.45, 2.75) is 52.6 Å². The monoisotopic (exact) mass is 297 g/mol. The molecule has 0 heterocycles. The Hall–Kier alpha value is -0.340. The van der Waals surface area contributed by atoms with Gasteiger partial charge in [0.15, 0.2) is 0 Å². The summed E-state index contributed by atoms with van der Waals surface area (Å²) in [4.78, 5) is 0. The number of hydrogen-bond acceptors (Lipinski definition) is 1. The minimum atomic E-state index is 0.636. The quantitative estimate of drug-likeness (QED) is 0.765. The Labute approximate surface area is 114 Å². The number of hydrogen-bond donors (Lipinski definition) is 1. The Bertz CT molecular complexity index is 324. The van der Waals surface area contributed by atoms with E-state index in [-0.39, 0.29) is 0 Å². The zero-order valence-corrected chi connectivity index (χ0v) is 12.8. The van der Waals surface area contributed by atoms with E-state index in [1.165, 1.54) is 29.3 Å². The molecule has 0 aliphatic heterocycles. The fraction of sp³-hybridized carbons (Fsp3) is 0.600. The fourth-order valence-corrected chi connectivity index (χ4v) is 2.37. The molecule has 96 valence electrons. The second-order valence-corrected chi connectivity index (χ2v) is 5.68. The second-order valence-electron chi connectivity index (χ2n) is 4.83. The topological polar surface area (TPSA) is 12.0 Å². The normalized spacial score (nSPS) is 14.6. The Balaban J connectivity index is 2.45. The molecule has 0 aliphatic rings. The molecule has 0 saturated carbocycles. The van der Waals surface area contributed by atoms with E-state index in [2.05, 4.69) is 66.3 Å². The summed E-state index contributed by atoms with van der Waals surface area (Å²) in [6, 6.07) is 9.07. The fourth-order valence-electron chi connectivity index (χ4n) is 1.94. The minimum Gasteiger partial charge on any atom is -0.310 e. The van der Waals surface area contributed by atoms with E-state index in [9.17, 15) is 0 Å². The first kappa shape index (κ1) is 14.7. The van der Waals surface area contributed by atoms with Gasteiger partial charge in [-0.3, -0.25) is 0 Å². The van der Waals surface area contributed by atoms with Gasteiger partial charge in [0.05, 0.1) is 0 Å². The molecule has 0 aliphatic carbocycles. The summed E-state index contributed by atoms with van der Waals surface area (Å²) >= 11 is 3.59. The van der Waals surface area contributed by atoms with Crippen LogP contribution in [0.4, 0.5) is 0 Å². The van der Waals surface area contributed by atoms with Gasteiger partial charge in [-0.15, -0.1) is 0 Å². The lowest BCUT2D eigenvalue weighted by Crippen LogP contribution is -2.29. The van der Waals surface area contributed by atoms with Crippen LogP contribution < -0.4 is 5.32 Å². The predicted molar refractivity (Wildman–Crippen MR) is 79.1 cm³/mol. The highest BCUT2D eigenvalue weighted by Crippen LogP contribution is 2.17. The van der Waals surface area contributed by atoms with Gasteiger partial charge >= 0.3 is 0 Å². The zero-order valence-electron chi connectivity index (χ0n) is 11.2. The van der Waals surface area contributed by atoms with Gasteiger partial charge in [0.2, 0.25) is 0 Å². The second kappa shape index (κ2) is 7.88. The average molecular weight is 298 g/mol. The molecule has 2 heteroatoms. The van der Waals surface area contributed by atoms with Crippen molar-refractivity contribution in [3.63, 3.8) is 0 Å². The van der Waals surface area contributed by atoms with Crippen LogP contribution in [0, 0.1) is 5.92 Å². The zero-order chi connectivity index (χ0) is 12.7. The van der Waals surface area contributed by atoms with E-state index < -0.39 is 0 Å². The van der Waals surface area contributed by atoms with Crippen LogP contribution in [0.25, 0.3) is 0 Å². The molecular formula is C15H24BrN. The first-order chi connectivity index (χ1) is 8.17. The van der Waals surface area contributed by atoms with Crippen LogP contribution in [0.15, 0.2) is 28.7 Å². The predicted octanol–water partition coefficient (Wildman–Crippen LogP) is 4.75. The molecule has 0 bridgehead atoms. The van der Waals surface area contributed by atoms with Crippen molar-refractivity contribution in [3.8, 4) is 0 Å². The number of halogens is 1. The molecule has 0 amide bonds. The first-order valence-electron chi connectivity index (χ1n) is 6.64. The molecule has 2 atom stereocenters. The summed E-state index contributed by atoms with van der Waals surface area (Å²) in [5, 5.41) is 3.66. The minimum absolute atomic E-state index is 0.636. The number of benzene rings is 1. The molecule has 1 aromatic rings. The van der Waals surface area contributed by atoms with Crippen molar-refractivity contribution in [3.05, 3.63) is 34.3 Å². The van der Waals surface area contributed by atoms with Crippen molar-refractivity contribution in [1.29, 1.82) is 0 Å². The Morgan fingerprint density at radius 2 is 1.88 bits per heavy atom. The molecule has 1 nitrogen and oxygen atoms in total. The van der Waals surface area contributed by atoms with E-state index in [4.69, 9.17) is 0 Å². The third-order valence-corrected chi connectivity index (χ3v) is 4.19. The van der Waals surface area contributed by atoms with Gasteiger partial charge in [-0.25, -0.2) is 0 Å². The van der Waals surface area contributed by atoms with Crippen LogP contribution in [-0.4, -0.2) is 6.04 Å². The Morgan fingerprint density at radius 3 is 2.47 bits per heavy atom. The third kappa shape index (κ3) is 5.22.